The van der Waals surface area contributed by atoms with Gasteiger partial charge < -0.3 is 10.8 Å². The van der Waals surface area contributed by atoms with Gasteiger partial charge in [0.15, 0.2) is 6.04 Å². The number of aryl methyl sites for hydroxylation is 2. The average Bonchev–Trinajstić information content (AvgIpc) is 3.14. The van der Waals surface area contributed by atoms with Gasteiger partial charge in [0.1, 0.15) is 4.83 Å². The van der Waals surface area contributed by atoms with Gasteiger partial charge >= 0.3 is 5.88 Å². The summed E-state index contributed by atoms with van der Waals surface area (Å²) < 4.78 is 6.79. The van der Waals surface area contributed by atoms with Gasteiger partial charge in [-0.15, -0.1) is 11.3 Å². The quantitative estimate of drug-likeness (QED) is 0.446. The normalized spacial score (nSPS) is 15.5. The van der Waals surface area contributed by atoms with Crippen LogP contribution in [0.15, 0.2) is 21.8 Å². The van der Waals surface area contributed by atoms with Gasteiger partial charge in [-0.1, -0.05) is 0 Å². The Morgan fingerprint density at radius 2 is 2.26 bits per heavy atom. The molecule has 3 aromatic rings. The van der Waals surface area contributed by atoms with E-state index in [1.807, 2.05) is 19.9 Å². The molecule has 0 aliphatic heterocycles. The predicted octanol–water partition coefficient (Wildman–Crippen LogP) is 1.54. The molecule has 2 N–H and O–H groups in total. The molecule has 1 aliphatic carbocycles. The largest absolute Gasteiger partial charge is 0.857 e. The van der Waals surface area contributed by atoms with Crippen LogP contribution in [0.3, 0.4) is 0 Å². The van der Waals surface area contributed by atoms with E-state index in [0.29, 0.717) is 16.6 Å². The molecule has 8 heteroatoms. The molecular weight excluding hydrogens is 314 g/mol. The van der Waals surface area contributed by atoms with Crippen molar-refractivity contribution in [2.24, 2.45) is 4.99 Å². The molecule has 23 heavy (non-hydrogen) atoms. The van der Waals surface area contributed by atoms with Crippen LogP contribution in [0.2, 0.25) is 0 Å². The Morgan fingerprint density at radius 3 is 3.00 bits per heavy atom. The van der Waals surface area contributed by atoms with Gasteiger partial charge in [0, 0.05) is 29.8 Å². The minimum Gasteiger partial charge on any atom is -0.857 e. The lowest BCUT2D eigenvalue weighted by Crippen LogP contribution is -2.32. The summed E-state index contributed by atoms with van der Waals surface area (Å²) in [7, 11) is 0. The Morgan fingerprint density at radius 1 is 1.48 bits per heavy atom. The number of rotatable bonds is 3. The monoisotopic (exact) mass is 329 g/mol. The zero-order chi connectivity index (χ0) is 16.1. The molecule has 0 unspecified atom stereocenters. The highest BCUT2D eigenvalue weighted by Gasteiger charge is 2.35. The standard InChI is InChI=1S/C15H15N5O2S/c1-7-5-8(2)17-15-11(7)12(16)13(23-15)14(21)18-10-6-20(19-22-10)9-3-4-9/h5-6,9H,3-4H2,1-2H3,(H2-,16,18,19,21). The summed E-state index contributed by atoms with van der Waals surface area (Å²) in [5, 5.41) is 17.1. The van der Waals surface area contributed by atoms with Crippen LogP contribution in [0, 0.1) is 13.8 Å². The zero-order valence-corrected chi connectivity index (χ0v) is 13.6. The third-order valence-corrected chi connectivity index (χ3v) is 4.91. The summed E-state index contributed by atoms with van der Waals surface area (Å²) in [6, 6.07) is 2.33. The van der Waals surface area contributed by atoms with Crippen LogP contribution in [0.4, 0.5) is 11.6 Å². The summed E-state index contributed by atoms with van der Waals surface area (Å²) in [5.41, 5.74) is 8.48. The van der Waals surface area contributed by atoms with Crippen molar-refractivity contribution >= 4 is 39.0 Å². The number of hydrogen-bond acceptors (Lipinski definition) is 7. The number of nitrogen functional groups attached to an aromatic ring is 1. The molecule has 0 amide bonds. The van der Waals surface area contributed by atoms with Crippen molar-refractivity contribution in [2.45, 2.75) is 32.7 Å². The van der Waals surface area contributed by atoms with Gasteiger partial charge in [-0.25, -0.2) is 9.98 Å². The molecule has 1 aliphatic rings. The summed E-state index contributed by atoms with van der Waals surface area (Å²) in [6.07, 6.45) is 3.81. The van der Waals surface area contributed by atoms with Crippen molar-refractivity contribution in [1.82, 2.24) is 10.3 Å². The number of pyridine rings is 1. The second kappa shape index (κ2) is 5.02. The fraction of sp³-hybridized carbons (Fsp3) is 0.333. The summed E-state index contributed by atoms with van der Waals surface area (Å²) in [6.45, 7) is 3.87. The van der Waals surface area contributed by atoms with Gasteiger partial charge in [-0.2, -0.15) is 0 Å². The molecular formula is C15H15N5O2S. The molecule has 118 valence electrons. The van der Waals surface area contributed by atoms with Crippen LogP contribution in [-0.2, 0) is 0 Å². The highest BCUT2D eigenvalue weighted by molar-refractivity contribution is 7.21. The number of anilines is 1. The molecule has 0 bridgehead atoms. The van der Waals surface area contributed by atoms with E-state index < -0.39 is 5.90 Å². The Balaban J connectivity index is 1.76. The van der Waals surface area contributed by atoms with Gasteiger partial charge in [-0.3, -0.25) is 4.52 Å². The minimum absolute atomic E-state index is 0.194. The molecule has 0 radical (unpaired) electrons. The lowest BCUT2D eigenvalue weighted by Gasteiger charge is -2.07. The minimum atomic E-state index is -0.429. The Bertz CT molecular complexity index is 939. The maximum atomic E-state index is 12.4. The Labute approximate surface area is 136 Å². The van der Waals surface area contributed by atoms with E-state index in [9.17, 15) is 5.11 Å². The van der Waals surface area contributed by atoms with E-state index in [-0.39, 0.29) is 5.88 Å². The lowest BCUT2D eigenvalue weighted by molar-refractivity contribution is -0.765. The third-order valence-electron chi connectivity index (χ3n) is 3.82. The highest BCUT2D eigenvalue weighted by Crippen LogP contribution is 2.35. The fourth-order valence-corrected chi connectivity index (χ4v) is 3.69. The maximum Gasteiger partial charge on any atom is 0.320 e. The van der Waals surface area contributed by atoms with Crippen molar-refractivity contribution in [3.8, 4) is 0 Å². The van der Waals surface area contributed by atoms with Crippen LogP contribution >= 0.6 is 11.3 Å². The van der Waals surface area contributed by atoms with Crippen molar-refractivity contribution in [1.29, 1.82) is 0 Å². The van der Waals surface area contributed by atoms with Crippen LogP contribution in [0.1, 0.15) is 35.0 Å². The molecule has 0 spiro atoms. The highest BCUT2D eigenvalue weighted by atomic mass is 32.1. The first-order valence-electron chi connectivity index (χ1n) is 7.33. The fourth-order valence-electron chi connectivity index (χ4n) is 2.59. The van der Waals surface area contributed by atoms with Crippen LogP contribution in [0.25, 0.3) is 10.2 Å². The molecule has 7 nitrogen and oxygen atoms in total. The maximum absolute atomic E-state index is 12.4. The molecule has 0 atom stereocenters. The summed E-state index contributed by atoms with van der Waals surface area (Å²) >= 11 is 1.26. The number of aliphatic imine (C=N–C) groups is 1. The first kappa shape index (κ1) is 14.1. The van der Waals surface area contributed by atoms with E-state index in [0.717, 1.165) is 34.3 Å². The molecule has 0 saturated heterocycles. The Hall–Kier alpha value is -2.48. The molecule has 3 heterocycles. The lowest BCUT2D eigenvalue weighted by atomic mass is 10.1. The van der Waals surface area contributed by atoms with Gasteiger partial charge in [-0.05, 0) is 30.2 Å². The molecule has 3 aromatic heterocycles. The van der Waals surface area contributed by atoms with Crippen LogP contribution < -0.4 is 15.5 Å². The first-order valence-corrected chi connectivity index (χ1v) is 8.15. The average molecular weight is 329 g/mol. The van der Waals surface area contributed by atoms with E-state index in [1.165, 1.54) is 11.3 Å². The first-order chi connectivity index (χ1) is 11.0. The van der Waals surface area contributed by atoms with E-state index >= 15 is 0 Å². The van der Waals surface area contributed by atoms with Crippen LogP contribution in [-0.4, -0.2) is 16.2 Å². The molecule has 1 saturated carbocycles. The number of hydrogen-bond donors (Lipinski definition) is 1. The molecule has 4 rings (SSSR count). The van der Waals surface area contributed by atoms with E-state index in [4.69, 9.17) is 10.3 Å². The molecule has 0 aromatic carbocycles. The van der Waals surface area contributed by atoms with Crippen molar-refractivity contribution in [2.75, 3.05) is 5.73 Å². The van der Waals surface area contributed by atoms with E-state index in [1.54, 1.807) is 10.9 Å². The third kappa shape index (κ3) is 2.44. The number of nitrogens with two attached hydrogens (primary N) is 1. The van der Waals surface area contributed by atoms with Crippen molar-refractivity contribution in [3.05, 3.63) is 28.4 Å². The Kier molecular flexibility index (Phi) is 3.08. The smallest absolute Gasteiger partial charge is 0.320 e. The second-order valence-corrected chi connectivity index (χ2v) is 6.77. The van der Waals surface area contributed by atoms with Gasteiger partial charge in [0.2, 0.25) is 5.27 Å². The topological polar surface area (TPSA) is 104 Å². The predicted molar refractivity (Wildman–Crippen MR) is 84.7 cm³/mol. The number of thiophene rings is 1. The van der Waals surface area contributed by atoms with Crippen molar-refractivity contribution in [3.63, 3.8) is 0 Å². The summed E-state index contributed by atoms with van der Waals surface area (Å²) in [5.74, 6) is -0.235. The molecule has 1 fully saturated rings. The summed E-state index contributed by atoms with van der Waals surface area (Å²) in [4.78, 5) is 9.57. The second-order valence-electron chi connectivity index (χ2n) is 5.77. The zero-order valence-electron chi connectivity index (χ0n) is 12.7. The number of fused-ring (bicyclic) bond motifs is 1. The van der Waals surface area contributed by atoms with E-state index in [2.05, 4.69) is 15.2 Å². The van der Waals surface area contributed by atoms with Gasteiger partial charge in [0.25, 0.3) is 6.20 Å². The van der Waals surface area contributed by atoms with Crippen LogP contribution in [0.5, 0.6) is 0 Å². The van der Waals surface area contributed by atoms with Gasteiger partial charge in [0.05, 0.1) is 10.6 Å². The van der Waals surface area contributed by atoms with Crippen molar-refractivity contribution < 1.29 is 14.3 Å². The SMILES string of the molecule is Cc1cc(C)c2c(N)c(/C([O-])=N/c3c[n+](C4CC4)no3)sc2n1. The number of aromatic nitrogens is 3. The number of nitrogens with zero attached hydrogens (tertiary/aromatic N) is 4.